The Kier molecular flexibility index (Phi) is 3.81. The fourth-order valence-corrected chi connectivity index (χ4v) is 1.71. The monoisotopic (exact) mass is 200 g/mol. The number of aliphatic hydroxyl groups is 1. The zero-order valence-corrected chi connectivity index (χ0v) is 9.19. The molecular weight excluding hydrogens is 184 g/mol. The van der Waals surface area contributed by atoms with Crippen molar-refractivity contribution >= 4 is 11.8 Å². The fraction of sp³-hybridized carbons (Fsp3) is 0.667. The highest BCUT2D eigenvalue weighted by atomic mass is 32.2. The van der Waals surface area contributed by atoms with E-state index < -0.39 is 0 Å². The van der Waals surface area contributed by atoms with Crippen LogP contribution in [0.25, 0.3) is 0 Å². The SMILES string of the molecule is CSCCn1nc(C)c(CO)c1C. The average Bonchev–Trinajstić information content (AvgIpc) is 2.38. The van der Waals surface area contributed by atoms with Crippen LogP contribution in [0.4, 0.5) is 0 Å². The van der Waals surface area contributed by atoms with Crippen LogP contribution in [-0.4, -0.2) is 26.9 Å². The Morgan fingerprint density at radius 1 is 1.46 bits per heavy atom. The van der Waals surface area contributed by atoms with E-state index in [1.165, 1.54) is 0 Å². The quantitative estimate of drug-likeness (QED) is 0.797. The molecule has 0 unspecified atom stereocenters. The van der Waals surface area contributed by atoms with Gasteiger partial charge in [-0.25, -0.2) is 0 Å². The van der Waals surface area contributed by atoms with Crippen LogP contribution in [0.1, 0.15) is 17.0 Å². The Morgan fingerprint density at radius 3 is 2.62 bits per heavy atom. The van der Waals surface area contributed by atoms with Crippen LogP contribution in [0, 0.1) is 13.8 Å². The Morgan fingerprint density at radius 2 is 2.15 bits per heavy atom. The van der Waals surface area contributed by atoms with Crippen LogP contribution in [0.3, 0.4) is 0 Å². The van der Waals surface area contributed by atoms with Crippen molar-refractivity contribution < 1.29 is 5.11 Å². The van der Waals surface area contributed by atoms with Gasteiger partial charge >= 0.3 is 0 Å². The van der Waals surface area contributed by atoms with Crippen molar-refractivity contribution in [3.8, 4) is 0 Å². The van der Waals surface area contributed by atoms with Gasteiger partial charge in [0.1, 0.15) is 0 Å². The predicted octanol–water partition coefficient (Wildman–Crippen LogP) is 1.36. The molecule has 0 aliphatic rings. The first-order chi connectivity index (χ1) is 6.20. The van der Waals surface area contributed by atoms with Crippen LogP contribution in [0.15, 0.2) is 0 Å². The molecule has 0 fully saturated rings. The molecule has 4 heteroatoms. The summed E-state index contributed by atoms with van der Waals surface area (Å²) in [5, 5.41) is 13.4. The van der Waals surface area contributed by atoms with E-state index in [1.54, 1.807) is 11.8 Å². The lowest BCUT2D eigenvalue weighted by molar-refractivity contribution is 0.280. The van der Waals surface area contributed by atoms with Gasteiger partial charge in [-0.05, 0) is 20.1 Å². The van der Waals surface area contributed by atoms with Crippen LogP contribution < -0.4 is 0 Å². The van der Waals surface area contributed by atoms with Crippen LogP contribution in [0.5, 0.6) is 0 Å². The summed E-state index contributed by atoms with van der Waals surface area (Å²) in [5.41, 5.74) is 3.01. The van der Waals surface area contributed by atoms with E-state index in [4.69, 9.17) is 5.11 Å². The number of aryl methyl sites for hydroxylation is 2. The summed E-state index contributed by atoms with van der Waals surface area (Å²) in [6.45, 7) is 4.96. The van der Waals surface area contributed by atoms with Gasteiger partial charge in [0.2, 0.25) is 0 Å². The lowest BCUT2D eigenvalue weighted by Gasteiger charge is -2.02. The summed E-state index contributed by atoms with van der Waals surface area (Å²) >= 11 is 1.80. The van der Waals surface area contributed by atoms with Gasteiger partial charge in [-0.1, -0.05) is 0 Å². The zero-order chi connectivity index (χ0) is 9.84. The van der Waals surface area contributed by atoms with E-state index in [2.05, 4.69) is 11.4 Å². The second-order valence-corrected chi connectivity index (χ2v) is 4.01. The van der Waals surface area contributed by atoms with E-state index >= 15 is 0 Å². The molecule has 13 heavy (non-hydrogen) atoms. The Hall–Kier alpha value is -0.480. The highest BCUT2D eigenvalue weighted by molar-refractivity contribution is 7.98. The van der Waals surface area contributed by atoms with Crippen LogP contribution in [0.2, 0.25) is 0 Å². The molecule has 1 aromatic heterocycles. The number of aliphatic hydroxyl groups excluding tert-OH is 1. The van der Waals surface area contributed by atoms with E-state index in [1.807, 2.05) is 18.5 Å². The molecule has 74 valence electrons. The van der Waals surface area contributed by atoms with Crippen molar-refractivity contribution in [2.24, 2.45) is 0 Å². The van der Waals surface area contributed by atoms with Crippen LogP contribution >= 0.6 is 11.8 Å². The van der Waals surface area contributed by atoms with Crippen molar-refractivity contribution in [1.29, 1.82) is 0 Å². The minimum absolute atomic E-state index is 0.0942. The third-order valence-electron chi connectivity index (χ3n) is 2.20. The first-order valence-corrected chi connectivity index (χ1v) is 5.72. The summed E-state index contributed by atoms with van der Waals surface area (Å²) in [4.78, 5) is 0. The summed E-state index contributed by atoms with van der Waals surface area (Å²) in [6, 6.07) is 0. The Balaban J connectivity index is 2.83. The van der Waals surface area contributed by atoms with Gasteiger partial charge in [-0.15, -0.1) is 0 Å². The zero-order valence-electron chi connectivity index (χ0n) is 8.37. The van der Waals surface area contributed by atoms with Crippen LogP contribution in [-0.2, 0) is 13.2 Å². The predicted molar refractivity (Wildman–Crippen MR) is 56.0 cm³/mol. The molecule has 1 N–H and O–H groups in total. The Bertz CT molecular complexity index is 283. The molecule has 0 radical (unpaired) electrons. The smallest absolute Gasteiger partial charge is 0.0718 e. The summed E-state index contributed by atoms with van der Waals surface area (Å²) < 4.78 is 1.97. The molecule has 0 aliphatic carbocycles. The van der Waals surface area contributed by atoms with Gasteiger partial charge in [0.25, 0.3) is 0 Å². The van der Waals surface area contributed by atoms with Gasteiger partial charge in [-0.2, -0.15) is 16.9 Å². The molecule has 0 saturated heterocycles. The van der Waals surface area contributed by atoms with E-state index in [0.717, 1.165) is 29.2 Å². The number of thioether (sulfide) groups is 1. The molecule has 0 spiro atoms. The molecule has 3 nitrogen and oxygen atoms in total. The summed E-state index contributed by atoms with van der Waals surface area (Å²) in [7, 11) is 0. The maximum atomic E-state index is 9.08. The second-order valence-electron chi connectivity index (χ2n) is 3.02. The maximum Gasteiger partial charge on any atom is 0.0718 e. The van der Waals surface area contributed by atoms with Crippen molar-refractivity contribution in [2.45, 2.75) is 27.0 Å². The van der Waals surface area contributed by atoms with Crippen molar-refractivity contribution in [3.63, 3.8) is 0 Å². The van der Waals surface area contributed by atoms with Crippen molar-refractivity contribution in [3.05, 3.63) is 17.0 Å². The van der Waals surface area contributed by atoms with E-state index in [0.29, 0.717) is 0 Å². The second kappa shape index (κ2) is 4.67. The topological polar surface area (TPSA) is 38.0 Å². The first-order valence-electron chi connectivity index (χ1n) is 4.33. The molecule has 1 aromatic rings. The minimum atomic E-state index is 0.0942. The largest absolute Gasteiger partial charge is 0.392 e. The lowest BCUT2D eigenvalue weighted by Crippen LogP contribution is -2.04. The van der Waals surface area contributed by atoms with Crippen molar-refractivity contribution in [2.75, 3.05) is 12.0 Å². The molecule has 0 amide bonds. The normalized spacial score (nSPS) is 10.8. The molecule has 0 bridgehead atoms. The van der Waals surface area contributed by atoms with Gasteiger partial charge < -0.3 is 5.11 Å². The van der Waals surface area contributed by atoms with E-state index in [9.17, 15) is 0 Å². The average molecular weight is 200 g/mol. The molecule has 0 saturated carbocycles. The highest BCUT2D eigenvalue weighted by Gasteiger charge is 2.09. The third-order valence-corrected chi connectivity index (χ3v) is 2.79. The third kappa shape index (κ3) is 2.25. The fourth-order valence-electron chi connectivity index (χ4n) is 1.36. The number of hydrogen-bond acceptors (Lipinski definition) is 3. The highest BCUT2D eigenvalue weighted by Crippen LogP contribution is 2.12. The summed E-state index contributed by atoms with van der Waals surface area (Å²) in [6.07, 6.45) is 2.08. The Labute approximate surface area is 83.1 Å². The van der Waals surface area contributed by atoms with Crippen molar-refractivity contribution in [1.82, 2.24) is 9.78 Å². The molecule has 0 aromatic carbocycles. The molecule has 1 heterocycles. The molecular formula is C9H16N2OS. The number of hydrogen-bond donors (Lipinski definition) is 1. The molecule has 0 atom stereocenters. The van der Waals surface area contributed by atoms with E-state index in [-0.39, 0.29) is 6.61 Å². The van der Waals surface area contributed by atoms with Gasteiger partial charge in [0.05, 0.1) is 18.8 Å². The standard InChI is InChI=1S/C9H16N2OS/c1-7-9(6-12)8(2)11(10-7)4-5-13-3/h12H,4-6H2,1-3H3. The summed E-state index contributed by atoms with van der Waals surface area (Å²) in [5.74, 6) is 1.06. The number of rotatable bonds is 4. The minimum Gasteiger partial charge on any atom is -0.392 e. The first kappa shape index (κ1) is 10.6. The van der Waals surface area contributed by atoms with Gasteiger partial charge in [-0.3, -0.25) is 4.68 Å². The number of aromatic nitrogens is 2. The molecule has 1 rings (SSSR count). The molecule has 0 aliphatic heterocycles. The van der Waals surface area contributed by atoms with Gasteiger partial charge in [0.15, 0.2) is 0 Å². The van der Waals surface area contributed by atoms with Gasteiger partial charge in [0, 0.05) is 17.0 Å². The lowest BCUT2D eigenvalue weighted by atomic mass is 10.2. The maximum absolute atomic E-state index is 9.08. The number of nitrogens with zero attached hydrogens (tertiary/aromatic N) is 2.